The number of unbranched alkanes of at least 4 members (excludes halogenated alkanes) is 21. The van der Waals surface area contributed by atoms with E-state index in [-0.39, 0.29) is 19.4 Å². The highest BCUT2D eigenvalue weighted by Crippen LogP contribution is 2.23. The zero-order valence-corrected chi connectivity index (χ0v) is 38.1. The molecule has 6 unspecified atom stereocenters. The molecule has 1 aliphatic heterocycles. The van der Waals surface area contributed by atoms with Crippen LogP contribution in [0.25, 0.3) is 0 Å². The van der Waals surface area contributed by atoms with Crippen molar-refractivity contribution in [3.63, 3.8) is 0 Å². The first-order valence-electron chi connectivity index (χ1n) is 24.2. The Morgan fingerprint density at radius 3 is 1.46 bits per heavy atom. The number of esters is 2. The van der Waals surface area contributed by atoms with E-state index in [9.17, 15) is 34.8 Å². The Bertz CT molecular complexity index is 1200. The number of carbonyl (C=O) groups excluding carboxylic acids is 2. The Balaban J connectivity index is 2.35. The second kappa shape index (κ2) is 40.0. The highest BCUT2D eigenvalue weighted by atomic mass is 16.7. The summed E-state index contributed by atoms with van der Waals surface area (Å²) >= 11 is 0. The molecule has 0 aliphatic carbocycles. The van der Waals surface area contributed by atoms with E-state index in [2.05, 4.69) is 62.5 Å². The number of aliphatic hydroxyl groups excluding tert-OH is 3. The SMILES string of the molecule is CC/C=C\C/C=C\C/C=C\C/C=C\CCCCCCC(=O)OCC(COC1OC(C(=O)O)C(O)C(O)C1O)OC(=O)CCCCCCCCCCCCCCCCCCCC. The van der Waals surface area contributed by atoms with E-state index in [0.717, 1.165) is 70.6 Å². The lowest BCUT2D eigenvalue weighted by atomic mass is 9.99. The summed E-state index contributed by atoms with van der Waals surface area (Å²) in [4.78, 5) is 36.9. The van der Waals surface area contributed by atoms with Gasteiger partial charge in [-0.05, 0) is 51.4 Å². The number of aliphatic carboxylic acids is 1. The molecule has 0 bridgehead atoms. The quantitative estimate of drug-likeness (QED) is 0.0263. The standard InChI is InChI=1S/C50H86O11/c1-3-5-7-9-11-13-15-17-19-21-23-25-27-29-31-33-35-37-39-44(52)60-42(41-59-50-47(55)45(53)46(54)48(61-50)49(56)57)40-58-43(51)38-36-34-32-30-28-26-24-22-20-18-16-14-12-10-8-6-4-2/h6,8,12,14,18,20,24,26,42,45-48,50,53-55H,3-5,7,9-11,13,15-17,19,21-23,25,27-41H2,1-2H3,(H,56,57)/b8-6-,14-12-,20-18-,26-24-. The molecule has 0 aromatic carbocycles. The van der Waals surface area contributed by atoms with Crippen molar-refractivity contribution < 1.29 is 53.8 Å². The van der Waals surface area contributed by atoms with Gasteiger partial charge in [0.2, 0.25) is 0 Å². The third kappa shape index (κ3) is 31.6. The molecule has 1 rings (SSSR count). The molecular weight excluding hydrogens is 777 g/mol. The minimum Gasteiger partial charge on any atom is -0.479 e. The van der Waals surface area contributed by atoms with Crippen LogP contribution in [0.3, 0.4) is 0 Å². The summed E-state index contributed by atoms with van der Waals surface area (Å²) in [6, 6.07) is 0. The van der Waals surface area contributed by atoms with Gasteiger partial charge in [0.1, 0.15) is 24.9 Å². The highest BCUT2D eigenvalue weighted by Gasteiger charge is 2.47. The number of hydrogen-bond donors (Lipinski definition) is 4. The van der Waals surface area contributed by atoms with Gasteiger partial charge in [0, 0.05) is 12.8 Å². The first kappa shape index (κ1) is 56.2. The molecule has 0 aromatic heterocycles. The fraction of sp³-hybridized carbons (Fsp3) is 0.780. The average molecular weight is 863 g/mol. The Kier molecular flexibility index (Phi) is 36.8. The van der Waals surface area contributed by atoms with Gasteiger partial charge in [-0.3, -0.25) is 9.59 Å². The first-order valence-corrected chi connectivity index (χ1v) is 24.2. The molecule has 352 valence electrons. The molecular formula is C50H86O11. The van der Waals surface area contributed by atoms with E-state index in [0.29, 0.717) is 12.8 Å². The van der Waals surface area contributed by atoms with E-state index in [1.165, 1.54) is 89.9 Å². The van der Waals surface area contributed by atoms with Gasteiger partial charge < -0.3 is 39.4 Å². The second-order valence-corrected chi connectivity index (χ2v) is 16.6. The molecule has 1 heterocycles. The zero-order chi connectivity index (χ0) is 44.6. The van der Waals surface area contributed by atoms with Crippen LogP contribution in [-0.2, 0) is 33.3 Å². The van der Waals surface area contributed by atoms with Gasteiger partial charge in [0.05, 0.1) is 6.61 Å². The van der Waals surface area contributed by atoms with Crippen molar-refractivity contribution in [2.75, 3.05) is 13.2 Å². The van der Waals surface area contributed by atoms with E-state index in [4.69, 9.17) is 18.9 Å². The lowest BCUT2D eigenvalue weighted by molar-refractivity contribution is -0.298. The van der Waals surface area contributed by atoms with Gasteiger partial charge in [-0.25, -0.2) is 4.79 Å². The van der Waals surface area contributed by atoms with Gasteiger partial charge in [-0.1, -0.05) is 184 Å². The molecule has 0 saturated carbocycles. The number of hydrogen-bond acceptors (Lipinski definition) is 10. The Hall–Kier alpha value is -2.83. The van der Waals surface area contributed by atoms with Crippen molar-refractivity contribution in [1.29, 1.82) is 0 Å². The molecule has 1 saturated heterocycles. The maximum absolute atomic E-state index is 12.8. The third-order valence-corrected chi connectivity index (χ3v) is 10.9. The van der Waals surface area contributed by atoms with E-state index < -0.39 is 61.3 Å². The van der Waals surface area contributed by atoms with Crippen LogP contribution in [0.1, 0.15) is 200 Å². The molecule has 0 spiro atoms. The minimum atomic E-state index is -1.86. The fourth-order valence-corrected chi connectivity index (χ4v) is 7.16. The Morgan fingerprint density at radius 1 is 0.525 bits per heavy atom. The van der Waals surface area contributed by atoms with Crippen LogP contribution in [0.15, 0.2) is 48.6 Å². The molecule has 0 amide bonds. The Morgan fingerprint density at radius 2 is 0.967 bits per heavy atom. The monoisotopic (exact) mass is 863 g/mol. The van der Waals surface area contributed by atoms with Gasteiger partial charge in [0.25, 0.3) is 0 Å². The molecule has 0 radical (unpaired) electrons. The highest BCUT2D eigenvalue weighted by molar-refractivity contribution is 5.73. The summed E-state index contributed by atoms with van der Waals surface area (Å²) in [5.74, 6) is -2.47. The summed E-state index contributed by atoms with van der Waals surface area (Å²) < 4.78 is 21.8. The smallest absolute Gasteiger partial charge is 0.335 e. The minimum absolute atomic E-state index is 0.179. The van der Waals surface area contributed by atoms with Gasteiger partial charge in [0.15, 0.2) is 18.5 Å². The maximum Gasteiger partial charge on any atom is 0.335 e. The van der Waals surface area contributed by atoms with Crippen LogP contribution >= 0.6 is 0 Å². The molecule has 61 heavy (non-hydrogen) atoms. The van der Waals surface area contributed by atoms with Gasteiger partial charge in [-0.2, -0.15) is 0 Å². The van der Waals surface area contributed by atoms with Gasteiger partial charge >= 0.3 is 17.9 Å². The summed E-state index contributed by atoms with van der Waals surface area (Å²) in [7, 11) is 0. The summed E-state index contributed by atoms with van der Waals surface area (Å²) in [5.41, 5.74) is 0. The van der Waals surface area contributed by atoms with Crippen molar-refractivity contribution in [3.05, 3.63) is 48.6 Å². The second-order valence-electron chi connectivity index (χ2n) is 16.6. The summed E-state index contributed by atoms with van der Waals surface area (Å²) in [6.45, 7) is 3.70. The number of ether oxygens (including phenoxy) is 4. The van der Waals surface area contributed by atoms with Crippen molar-refractivity contribution in [2.45, 2.75) is 237 Å². The van der Waals surface area contributed by atoms with Crippen LogP contribution in [0.5, 0.6) is 0 Å². The number of rotatable bonds is 40. The average Bonchev–Trinajstić information content (AvgIpc) is 3.24. The van der Waals surface area contributed by atoms with Crippen molar-refractivity contribution in [2.24, 2.45) is 0 Å². The van der Waals surface area contributed by atoms with E-state index in [1.54, 1.807) is 0 Å². The normalized spacial score (nSPS) is 20.0. The lowest BCUT2D eigenvalue weighted by Gasteiger charge is -2.38. The lowest BCUT2D eigenvalue weighted by Crippen LogP contribution is -2.60. The van der Waals surface area contributed by atoms with Crippen LogP contribution in [0.2, 0.25) is 0 Å². The maximum atomic E-state index is 12.8. The molecule has 11 heteroatoms. The predicted molar refractivity (Wildman–Crippen MR) is 243 cm³/mol. The summed E-state index contributed by atoms with van der Waals surface area (Å²) in [6.07, 6.45) is 38.7. The number of allylic oxidation sites excluding steroid dienone is 8. The van der Waals surface area contributed by atoms with Crippen molar-refractivity contribution >= 4 is 17.9 Å². The van der Waals surface area contributed by atoms with Crippen LogP contribution < -0.4 is 0 Å². The number of carbonyl (C=O) groups is 3. The number of carboxylic acids is 1. The summed E-state index contributed by atoms with van der Waals surface area (Å²) in [5, 5.41) is 39.9. The topological polar surface area (TPSA) is 169 Å². The molecule has 6 atom stereocenters. The Labute approximate surface area is 369 Å². The molecule has 1 fully saturated rings. The van der Waals surface area contributed by atoms with Gasteiger partial charge in [-0.15, -0.1) is 0 Å². The third-order valence-electron chi connectivity index (χ3n) is 10.9. The van der Waals surface area contributed by atoms with E-state index in [1.807, 2.05) is 0 Å². The molecule has 1 aliphatic rings. The number of carboxylic acid groups (broad SMARTS) is 1. The van der Waals surface area contributed by atoms with E-state index >= 15 is 0 Å². The number of aliphatic hydroxyl groups is 3. The molecule has 11 nitrogen and oxygen atoms in total. The molecule has 0 aromatic rings. The first-order chi connectivity index (χ1) is 29.7. The van der Waals surface area contributed by atoms with Crippen molar-refractivity contribution in [1.82, 2.24) is 0 Å². The van der Waals surface area contributed by atoms with Crippen LogP contribution in [0.4, 0.5) is 0 Å². The van der Waals surface area contributed by atoms with Crippen LogP contribution in [-0.4, -0.2) is 88.4 Å². The van der Waals surface area contributed by atoms with Crippen molar-refractivity contribution in [3.8, 4) is 0 Å². The molecule has 4 N–H and O–H groups in total. The fourth-order valence-electron chi connectivity index (χ4n) is 7.16. The largest absolute Gasteiger partial charge is 0.479 e. The zero-order valence-electron chi connectivity index (χ0n) is 38.1. The predicted octanol–water partition coefficient (Wildman–Crippen LogP) is 10.9. The van der Waals surface area contributed by atoms with Crippen LogP contribution in [0, 0.1) is 0 Å².